The summed E-state index contributed by atoms with van der Waals surface area (Å²) in [6.07, 6.45) is 3.28. The molecular weight excluding hydrogens is 342 g/mol. The summed E-state index contributed by atoms with van der Waals surface area (Å²) in [6.45, 7) is 1.98. The lowest BCUT2D eigenvalue weighted by Crippen LogP contribution is -2.26. The first-order chi connectivity index (χ1) is 13.2. The molecule has 27 heavy (non-hydrogen) atoms. The van der Waals surface area contributed by atoms with E-state index >= 15 is 0 Å². The van der Waals surface area contributed by atoms with Crippen LogP contribution in [0.25, 0.3) is 21.9 Å². The summed E-state index contributed by atoms with van der Waals surface area (Å²) in [4.78, 5) is 11.8. The van der Waals surface area contributed by atoms with E-state index in [0.29, 0.717) is 13.0 Å². The number of ether oxygens (including phenoxy) is 3. The first-order valence-corrected chi connectivity index (χ1v) is 9.27. The van der Waals surface area contributed by atoms with Crippen LogP contribution in [0.3, 0.4) is 0 Å². The second-order valence-corrected chi connectivity index (χ2v) is 6.69. The van der Waals surface area contributed by atoms with E-state index in [2.05, 4.69) is 18.2 Å². The lowest BCUT2D eigenvalue weighted by atomic mass is 9.98. The number of fused-ring (bicyclic) bond motifs is 1. The Morgan fingerprint density at radius 3 is 2.70 bits per heavy atom. The molecule has 1 aliphatic rings. The van der Waals surface area contributed by atoms with E-state index in [0.717, 1.165) is 47.3 Å². The minimum atomic E-state index is -0.194. The first kappa shape index (κ1) is 17.8. The van der Waals surface area contributed by atoms with E-state index in [1.807, 2.05) is 30.5 Å². The summed E-state index contributed by atoms with van der Waals surface area (Å²) in [7, 11) is 1.76. The SMILES string of the molecule is Cn1cc(-c2c(OCCC3OCCCO3)ccc3ccccc23)ccc1=O. The highest BCUT2D eigenvalue weighted by atomic mass is 16.7. The zero-order chi connectivity index (χ0) is 18.6. The van der Waals surface area contributed by atoms with Crippen LogP contribution in [0.5, 0.6) is 5.75 Å². The maximum absolute atomic E-state index is 11.8. The lowest BCUT2D eigenvalue weighted by Gasteiger charge is -2.23. The third-order valence-corrected chi connectivity index (χ3v) is 4.77. The van der Waals surface area contributed by atoms with Crippen LogP contribution in [0.2, 0.25) is 0 Å². The Bertz CT molecular complexity index is 989. The van der Waals surface area contributed by atoms with Gasteiger partial charge in [0.2, 0.25) is 5.56 Å². The fraction of sp³-hybridized carbons (Fsp3) is 0.318. The van der Waals surface area contributed by atoms with Crippen molar-refractivity contribution in [1.29, 1.82) is 0 Å². The van der Waals surface area contributed by atoms with E-state index in [9.17, 15) is 4.79 Å². The Balaban J connectivity index is 1.67. The van der Waals surface area contributed by atoms with Gasteiger partial charge in [-0.25, -0.2) is 0 Å². The van der Waals surface area contributed by atoms with E-state index in [4.69, 9.17) is 14.2 Å². The Kier molecular flexibility index (Phi) is 5.23. The molecule has 2 heterocycles. The molecule has 0 aliphatic carbocycles. The highest BCUT2D eigenvalue weighted by Gasteiger charge is 2.16. The zero-order valence-corrected chi connectivity index (χ0v) is 15.4. The van der Waals surface area contributed by atoms with Gasteiger partial charge in [-0.1, -0.05) is 30.3 Å². The summed E-state index contributed by atoms with van der Waals surface area (Å²) in [5.41, 5.74) is 1.91. The molecule has 0 bridgehead atoms. The molecule has 0 spiro atoms. The molecule has 5 nitrogen and oxygen atoms in total. The van der Waals surface area contributed by atoms with Crippen molar-refractivity contribution < 1.29 is 14.2 Å². The van der Waals surface area contributed by atoms with Crippen LogP contribution in [0.4, 0.5) is 0 Å². The Hall–Kier alpha value is -2.63. The van der Waals surface area contributed by atoms with Crippen LogP contribution in [0.1, 0.15) is 12.8 Å². The van der Waals surface area contributed by atoms with Crippen molar-refractivity contribution in [3.63, 3.8) is 0 Å². The molecular formula is C22H23NO4. The van der Waals surface area contributed by atoms with Crippen LogP contribution in [-0.4, -0.2) is 30.7 Å². The van der Waals surface area contributed by atoms with Crippen molar-refractivity contribution in [2.75, 3.05) is 19.8 Å². The normalized spacial score (nSPS) is 15.1. The molecule has 5 heteroatoms. The topological polar surface area (TPSA) is 49.7 Å². The monoisotopic (exact) mass is 365 g/mol. The van der Waals surface area contributed by atoms with Crippen molar-refractivity contribution in [2.24, 2.45) is 7.05 Å². The summed E-state index contributed by atoms with van der Waals surface area (Å²) in [5.74, 6) is 0.795. The smallest absolute Gasteiger partial charge is 0.250 e. The summed E-state index contributed by atoms with van der Waals surface area (Å²) < 4.78 is 18.9. The van der Waals surface area contributed by atoms with Gasteiger partial charge >= 0.3 is 0 Å². The van der Waals surface area contributed by atoms with Gasteiger partial charge in [0, 0.05) is 36.9 Å². The Morgan fingerprint density at radius 1 is 1.07 bits per heavy atom. The molecule has 0 N–H and O–H groups in total. The Morgan fingerprint density at radius 2 is 1.89 bits per heavy atom. The molecule has 1 fully saturated rings. The number of aryl methyl sites for hydroxylation is 1. The summed E-state index contributed by atoms with van der Waals surface area (Å²) >= 11 is 0. The van der Waals surface area contributed by atoms with Crippen LogP contribution in [0, 0.1) is 0 Å². The molecule has 4 rings (SSSR count). The first-order valence-electron chi connectivity index (χ1n) is 9.27. The molecule has 1 aromatic heterocycles. The van der Waals surface area contributed by atoms with Gasteiger partial charge in [-0.3, -0.25) is 4.79 Å². The van der Waals surface area contributed by atoms with Gasteiger partial charge in [-0.15, -0.1) is 0 Å². The number of hydrogen-bond acceptors (Lipinski definition) is 4. The van der Waals surface area contributed by atoms with Crippen molar-refractivity contribution in [1.82, 2.24) is 4.57 Å². The fourth-order valence-corrected chi connectivity index (χ4v) is 3.38. The third-order valence-electron chi connectivity index (χ3n) is 4.77. The number of aromatic nitrogens is 1. The van der Waals surface area contributed by atoms with Crippen LogP contribution in [0.15, 0.2) is 59.5 Å². The molecule has 0 amide bonds. The lowest BCUT2D eigenvalue weighted by molar-refractivity contribution is -0.183. The number of hydrogen-bond donors (Lipinski definition) is 0. The third kappa shape index (κ3) is 3.89. The Labute approximate surface area is 158 Å². The van der Waals surface area contributed by atoms with E-state index in [1.165, 1.54) is 0 Å². The largest absolute Gasteiger partial charge is 0.493 e. The van der Waals surface area contributed by atoms with E-state index < -0.39 is 0 Å². The van der Waals surface area contributed by atoms with Crippen molar-refractivity contribution >= 4 is 10.8 Å². The molecule has 1 aliphatic heterocycles. The molecule has 3 aromatic rings. The average Bonchev–Trinajstić information content (AvgIpc) is 2.71. The second kappa shape index (κ2) is 7.94. The molecule has 0 atom stereocenters. The molecule has 1 saturated heterocycles. The average molecular weight is 365 g/mol. The quantitative estimate of drug-likeness (QED) is 0.691. The van der Waals surface area contributed by atoms with Gasteiger partial charge in [0.15, 0.2) is 6.29 Å². The van der Waals surface area contributed by atoms with Gasteiger partial charge in [-0.05, 0) is 29.3 Å². The van der Waals surface area contributed by atoms with E-state index in [-0.39, 0.29) is 11.8 Å². The minimum absolute atomic E-state index is 0.0342. The standard InChI is InChI=1S/C22H23NO4/c1-23-15-17(8-10-20(23)24)22-18-6-3-2-5-16(18)7-9-19(22)25-14-11-21-26-12-4-13-27-21/h2-3,5-10,15,21H,4,11-14H2,1H3. The van der Waals surface area contributed by atoms with Crippen molar-refractivity contribution in [3.8, 4) is 16.9 Å². The maximum Gasteiger partial charge on any atom is 0.250 e. The van der Waals surface area contributed by atoms with Gasteiger partial charge in [0.05, 0.1) is 19.8 Å². The highest BCUT2D eigenvalue weighted by molar-refractivity contribution is 5.99. The number of pyridine rings is 1. The van der Waals surface area contributed by atoms with Gasteiger partial charge in [0.1, 0.15) is 5.75 Å². The van der Waals surface area contributed by atoms with Gasteiger partial charge in [0.25, 0.3) is 0 Å². The molecule has 0 unspecified atom stereocenters. The highest BCUT2D eigenvalue weighted by Crippen LogP contribution is 2.36. The van der Waals surface area contributed by atoms with Crippen LogP contribution >= 0.6 is 0 Å². The predicted molar refractivity (Wildman–Crippen MR) is 105 cm³/mol. The molecule has 2 aromatic carbocycles. The molecule has 140 valence electrons. The van der Waals surface area contributed by atoms with E-state index in [1.54, 1.807) is 17.7 Å². The van der Waals surface area contributed by atoms with Crippen LogP contribution < -0.4 is 10.3 Å². The van der Waals surface area contributed by atoms with Crippen molar-refractivity contribution in [2.45, 2.75) is 19.1 Å². The van der Waals surface area contributed by atoms with Gasteiger partial charge in [-0.2, -0.15) is 0 Å². The maximum atomic E-state index is 11.8. The van der Waals surface area contributed by atoms with Crippen LogP contribution in [-0.2, 0) is 16.5 Å². The molecule has 0 saturated carbocycles. The van der Waals surface area contributed by atoms with Gasteiger partial charge < -0.3 is 18.8 Å². The number of rotatable bonds is 5. The second-order valence-electron chi connectivity index (χ2n) is 6.69. The minimum Gasteiger partial charge on any atom is -0.493 e. The van der Waals surface area contributed by atoms with Crippen molar-refractivity contribution in [3.05, 3.63) is 65.1 Å². The number of nitrogens with zero attached hydrogens (tertiary/aromatic N) is 1. The molecule has 0 radical (unpaired) electrons. The predicted octanol–water partition coefficient (Wildman–Crippen LogP) is 3.74. The fourth-order valence-electron chi connectivity index (χ4n) is 3.38. The summed E-state index contributed by atoms with van der Waals surface area (Å²) in [5, 5.41) is 2.23. The summed E-state index contributed by atoms with van der Waals surface area (Å²) in [6, 6.07) is 15.7. The number of benzene rings is 2. The zero-order valence-electron chi connectivity index (χ0n) is 15.4.